The van der Waals surface area contributed by atoms with E-state index in [1.54, 1.807) is 4.57 Å². The van der Waals surface area contributed by atoms with Gasteiger partial charge in [-0.1, -0.05) is 27.7 Å². The van der Waals surface area contributed by atoms with Crippen LogP contribution in [0.25, 0.3) is 0 Å². The van der Waals surface area contributed by atoms with Crippen molar-refractivity contribution in [3.8, 4) is 0 Å². The van der Waals surface area contributed by atoms with Gasteiger partial charge in [-0.25, -0.2) is 9.71 Å². The molecule has 0 unspecified atom stereocenters. The van der Waals surface area contributed by atoms with Gasteiger partial charge in [-0.2, -0.15) is 13.4 Å². The zero-order chi connectivity index (χ0) is 16.5. The predicted molar refractivity (Wildman–Crippen MR) is 81.0 cm³/mol. The first-order valence-electron chi connectivity index (χ1n) is 7.04. The number of hydrogen-bond donors (Lipinski definition) is 1. The van der Waals surface area contributed by atoms with Crippen molar-refractivity contribution in [3.05, 3.63) is 18.4 Å². The van der Waals surface area contributed by atoms with Gasteiger partial charge >= 0.3 is 0 Å². The molecule has 2 aromatic heterocycles. The van der Waals surface area contributed by atoms with E-state index in [4.69, 9.17) is 4.52 Å². The molecule has 0 fully saturated rings. The van der Waals surface area contributed by atoms with Crippen LogP contribution in [-0.4, -0.2) is 28.1 Å². The largest absolute Gasteiger partial charge is 0.337 e. The van der Waals surface area contributed by atoms with Gasteiger partial charge in [0.05, 0.1) is 6.33 Å². The molecule has 9 heteroatoms. The Morgan fingerprint density at radius 2 is 2.09 bits per heavy atom. The Labute approximate surface area is 130 Å². The molecule has 122 valence electrons. The average Bonchev–Trinajstić information content (AvgIpc) is 3.05. The third-order valence-corrected chi connectivity index (χ3v) is 4.46. The Kier molecular flexibility index (Phi) is 4.28. The first-order chi connectivity index (χ1) is 10.1. The van der Waals surface area contributed by atoms with Crippen molar-refractivity contribution in [2.45, 2.75) is 57.5 Å². The lowest BCUT2D eigenvalue weighted by Crippen LogP contribution is -2.15. The van der Waals surface area contributed by atoms with Crippen LogP contribution in [0.4, 0.5) is 5.95 Å². The molecule has 0 aliphatic carbocycles. The van der Waals surface area contributed by atoms with Gasteiger partial charge in [-0.3, -0.25) is 0 Å². The second kappa shape index (κ2) is 5.71. The molecule has 2 aromatic rings. The molecule has 8 nitrogen and oxygen atoms in total. The third-order valence-electron chi connectivity index (χ3n) is 3.25. The summed E-state index contributed by atoms with van der Waals surface area (Å²) in [5.41, 5.74) is -0.352. The molecule has 0 bridgehead atoms. The summed E-state index contributed by atoms with van der Waals surface area (Å²) >= 11 is 0. The van der Waals surface area contributed by atoms with Crippen molar-refractivity contribution >= 4 is 16.0 Å². The van der Waals surface area contributed by atoms with Crippen LogP contribution in [0.15, 0.2) is 22.1 Å². The van der Waals surface area contributed by atoms with E-state index in [9.17, 15) is 8.42 Å². The minimum absolute atomic E-state index is 0.0742. The molecule has 0 saturated carbocycles. The Morgan fingerprint density at radius 1 is 1.41 bits per heavy atom. The molecule has 1 atom stereocenters. The fourth-order valence-electron chi connectivity index (χ4n) is 1.65. The van der Waals surface area contributed by atoms with E-state index in [0.717, 1.165) is 6.42 Å². The fourth-order valence-corrected chi connectivity index (χ4v) is 2.52. The van der Waals surface area contributed by atoms with E-state index in [1.165, 1.54) is 12.5 Å². The molecule has 2 rings (SSSR count). The van der Waals surface area contributed by atoms with Gasteiger partial charge < -0.3 is 9.09 Å². The summed E-state index contributed by atoms with van der Waals surface area (Å²) in [6, 6.07) is 0.175. The highest BCUT2D eigenvalue weighted by molar-refractivity contribution is 7.92. The summed E-state index contributed by atoms with van der Waals surface area (Å²) < 4.78 is 33.6. The normalized spacial score (nSPS) is 14.0. The number of aromatic nitrogens is 4. The standard InChI is InChI=1S/C13H21N5O3S/c1-6-9(2)18-7-10(14-8-18)22(19,20)17-12-15-11(21-16-12)13(3,4)5/h7-9H,6H2,1-5H3,(H,16,17)/t9-/m0/s1. The fraction of sp³-hybridized carbons (Fsp3) is 0.615. The molecule has 22 heavy (non-hydrogen) atoms. The molecule has 0 aliphatic heterocycles. The number of nitrogens with zero attached hydrogens (tertiary/aromatic N) is 4. The maximum Gasteiger partial charge on any atom is 0.283 e. The minimum Gasteiger partial charge on any atom is -0.337 e. The Hall–Kier alpha value is -1.90. The monoisotopic (exact) mass is 327 g/mol. The van der Waals surface area contributed by atoms with Gasteiger partial charge in [0.2, 0.25) is 5.89 Å². The highest BCUT2D eigenvalue weighted by atomic mass is 32.2. The lowest BCUT2D eigenvalue weighted by molar-refractivity contribution is 0.321. The zero-order valence-electron chi connectivity index (χ0n) is 13.4. The second-order valence-corrected chi connectivity index (χ2v) is 7.82. The topological polar surface area (TPSA) is 103 Å². The van der Waals surface area contributed by atoms with Crippen LogP contribution in [0.2, 0.25) is 0 Å². The molecule has 1 N–H and O–H groups in total. The van der Waals surface area contributed by atoms with E-state index in [1.807, 2.05) is 34.6 Å². The van der Waals surface area contributed by atoms with Gasteiger partial charge in [-0.05, 0) is 18.5 Å². The average molecular weight is 327 g/mol. The summed E-state index contributed by atoms with van der Waals surface area (Å²) in [6.45, 7) is 9.69. The summed E-state index contributed by atoms with van der Waals surface area (Å²) in [4.78, 5) is 7.98. The molecule has 0 radical (unpaired) electrons. The highest BCUT2D eigenvalue weighted by Gasteiger charge is 2.25. The smallest absolute Gasteiger partial charge is 0.283 e. The summed E-state index contributed by atoms with van der Waals surface area (Å²) in [5.74, 6) is 0.262. The first-order valence-corrected chi connectivity index (χ1v) is 8.52. The molecule has 2 heterocycles. The second-order valence-electron chi connectivity index (χ2n) is 6.20. The van der Waals surface area contributed by atoms with Crippen molar-refractivity contribution in [1.29, 1.82) is 0 Å². The van der Waals surface area contributed by atoms with Crippen LogP contribution in [0.5, 0.6) is 0 Å². The van der Waals surface area contributed by atoms with Gasteiger partial charge in [-0.15, -0.1) is 0 Å². The van der Waals surface area contributed by atoms with E-state index < -0.39 is 10.0 Å². The van der Waals surface area contributed by atoms with Crippen molar-refractivity contribution < 1.29 is 12.9 Å². The maximum absolute atomic E-state index is 12.3. The highest BCUT2D eigenvalue weighted by Crippen LogP contribution is 2.22. The number of anilines is 1. The van der Waals surface area contributed by atoms with Gasteiger partial charge in [0.1, 0.15) is 0 Å². The van der Waals surface area contributed by atoms with Gasteiger partial charge in [0.25, 0.3) is 16.0 Å². The number of rotatable bonds is 5. The molecule has 0 spiro atoms. The SMILES string of the molecule is CC[C@H](C)n1cnc(S(=O)(=O)Nc2noc(C(C)(C)C)n2)c1. The zero-order valence-corrected chi connectivity index (χ0v) is 14.2. The van der Waals surface area contributed by atoms with Crippen molar-refractivity contribution in [2.24, 2.45) is 0 Å². The lowest BCUT2D eigenvalue weighted by atomic mass is 9.97. The van der Waals surface area contributed by atoms with Crippen molar-refractivity contribution in [3.63, 3.8) is 0 Å². The summed E-state index contributed by atoms with van der Waals surface area (Å²) in [7, 11) is -3.83. The van der Waals surface area contributed by atoms with Crippen molar-refractivity contribution in [2.75, 3.05) is 4.72 Å². The quantitative estimate of drug-likeness (QED) is 0.904. The Balaban J connectivity index is 2.21. The van der Waals surface area contributed by atoms with E-state index in [0.29, 0.717) is 5.89 Å². The van der Waals surface area contributed by atoms with Gasteiger partial charge in [0.15, 0.2) is 5.03 Å². The van der Waals surface area contributed by atoms with E-state index in [-0.39, 0.29) is 22.4 Å². The number of nitrogens with one attached hydrogen (secondary N) is 1. The van der Waals surface area contributed by atoms with Crippen LogP contribution in [-0.2, 0) is 15.4 Å². The first kappa shape index (κ1) is 16.5. The lowest BCUT2D eigenvalue weighted by Gasteiger charge is -2.10. The van der Waals surface area contributed by atoms with Crippen LogP contribution in [0, 0.1) is 0 Å². The number of imidazole rings is 1. The van der Waals surface area contributed by atoms with E-state index in [2.05, 4.69) is 19.8 Å². The molecule has 0 aromatic carbocycles. The number of sulfonamides is 1. The van der Waals surface area contributed by atoms with Gasteiger partial charge in [0, 0.05) is 17.7 Å². The summed E-state index contributed by atoms with van der Waals surface area (Å²) in [6.07, 6.45) is 3.86. The third kappa shape index (κ3) is 3.46. The van der Waals surface area contributed by atoms with E-state index >= 15 is 0 Å². The van der Waals surface area contributed by atoms with Crippen LogP contribution < -0.4 is 4.72 Å². The minimum atomic E-state index is -3.83. The molecule has 0 amide bonds. The van der Waals surface area contributed by atoms with Crippen LogP contribution in [0.1, 0.15) is 53.0 Å². The Bertz CT molecular complexity index is 742. The molecule has 0 saturated heterocycles. The molecular weight excluding hydrogens is 306 g/mol. The molecular formula is C13H21N5O3S. The van der Waals surface area contributed by atoms with Crippen LogP contribution >= 0.6 is 0 Å². The van der Waals surface area contributed by atoms with Crippen LogP contribution in [0.3, 0.4) is 0 Å². The number of hydrogen-bond acceptors (Lipinski definition) is 6. The predicted octanol–water partition coefficient (Wildman–Crippen LogP) is 2.34. The summed E-state index contributed by atoms with van der Waals surface area (Å²) in [5, 5.41) is 3.57. The van der Waals surface area contributed by atoms with Crippen molar-refractivity contribution in [1.82, 2.24) is 19.7 Å². The Morgan fingerprint density at radius 3 is 2.64 bits per heavy atom. The maximum atomic E-state index is 12.3. The molecule has 0 aliphatic rings.